The summed E-state index contributed by atoms with van der Waals surface area (Å²) in [5.41, 5.74) is 2.82. The highest BCUT2D eigenvalue weighted by Gasteiger charge is 2.23. The fourth-order valence-electron chi connectivity index (χ4n) is 2.99. The van der Waals surface area contributed by atoms with Crippen molar-refractivity contribution in [2.45, 2.75) is 45.7 Å². The average molecular weight is 289 g/mol. The minimum absolute atomic E-state index is 0.489. The zero-order chi connectivity index (χ0) is 13.9. The van der Waals surface area contributed by atoms with Crippen LogP contribution in [0, 0.1) is 5.92 Å². The lowest BCUT2D eigenvalue weighted by Crippen LogP contribution is -2.23. The normalized spacial score (nSPS) is 18.4. The number of nitrogens with one attached hydrogen (secondary N) is 1. The predicted molar refractivity (Wildman–Crippen MR) is 84.2 cm³/mol. The maximum atomic E-state index is 4.38. The van der Waals surface area contributed by atoms with Crippen LogP contribution in [-0.4, -0.2) is 16.1 Å². The van der Waals surface area contributed by atoms with Crippen molar-refractivity contribution >= 4 is 11.3 Å². The lowest BCUT2D eigenvalue weighted by molar-refractivity contribution is 0.467. The Morgan fingerprint density at radius 2 is 2.40 bits per heavy atom. The van der Waals surface area contributed by atoms with Gasteiger partial charge in [-0.1, -0.05) is 13.8 Å². The maximum Gasteiger partial charge on any atom is 0.0954 e. The zero-order valence-corrected chi connectivity index (χ0v) is 13.1. The molecule has 3 nitrogen and oxygen atoms in total. The monoisotopic (exact) mass is 289 g/mol. The van der Waals surface area contributed by atoms with E-state index in [1.807, 2.05) is 23.9 Å². The minimum Gasteiger partial charge on any atom is -0.326 e. The van der Waals surface area contributed by atoms with Crippen LogP contribution in [-0.2, 0) is 13.0 Å². The SMILES string of the molecule is CC(C)CNCc1cncn1C1CCCc2sccc21. The highest BCUT2D eigenvalue weighted by molar-refractivity contribution is 7.10. The van der Waals surface area contributed by atoms with E-state index in [1.165, 1.54) is 30.5 Å². The topological polar surface area (TPSA) is 29.9 Å². The molecule has 0 saturated carbocycles. The van der Waals surface area contributed by atoms with Gasteiger partial charge in [0.15, 0.2) is 0 Å². The van der Waals surface area contributed by atoms with Crippen LogP contribution >= 0.6 is 11.3 Å². The highest BCUT2D eigenvalue weighted by atomic mass is 32.1. The Labute approximate surface area is 125 Å². The molecule has 0 radical (unpaired) electrons. The quantitative estimate of drug-likeness (QED) is 0.911. The lowest BCUT2D eigenvalue weighted by atomic mass is 9.93. The zero-order valence-electron chi connectivity index (χ0n) is 12.3. The molecular weight excluding hydrogens is 266 g/mol. The van der Waals surface area contributed by atoms with Gasteiger partial charge in [-0.15, -0.1) is 11.3 Å². The third-order valence-electron chi connectivity index (χ3n) is 3.96. The fourth-order valence-corrected chi connectivity index (χ4v) is 3.97. The van der Waals surface area contributed by atoms with Crippen LogP contribution in [0.5, 0.6) is 0 Å². The number of hydrogen-bond acceptors (Lipinski definition) is 3. The first-order chi connectivity index (χ1) is 9.75. The van der Waals surface area contributed by atoms with E-state index in [2.05, 4.69) is 40.2 Å². The highest BCUT2D eigenvalue weighted by Crippen LogP contribution is 2.36. The largest absolute Gasteiger partial charge is 0.326 e. The predicted octanol–water partition coefficient (Wildman–Crippen LogP) is 3.62. The first-order valence-corrected chi connectivity index (χ1v) is 8.41. The van der Waals surface area contributed by atoms with Crippen LogP contribution < -0.4 is 5.32 Å². The van der Waals surface area contributed by atoms with Crippen LogP contribution in [0.1, 0.15) is 48.9 Å². The minimum atomic E-state index is 0.489. The number of rotatable bonds is 5. The standard InChI is InChI=1S/C16H23N3S/c1-12(2)8-17-9-13-10-18-11-19(13)15-4-3-5-16-14(15)6-7-20-16/h6-7,10-12,15,17H,3-5,8-9H2,1-2H3. The van der Waals surface area contributed by atoms with Crippen LogP contribution in [0.3, 0.4) is 0 Å². The average Bonchev–Trinajstić information content (AvgIpc) is 3.05. The van der Waals surface area contributed by atoms with Gasteiger partial charge in [0.1, 0.15) is 0 Å². The lowest BCUT2D eigenvalue weighted by Gasteiger charge is -2.25. The van der Waals surface area contributed by atoms with Gasteiger partial charge in [0.25, 0.3) is 0 Å². The molecule has 2 aromatic heterocycles. The van der Waals surface area contributed by atoms with Crippen LogP contribution in [0.2, 0.25) is 0 Å². The number of aromatic nitrogens is 2. The summed E-state index contributed by atoms with van der Waals surface area (Å²) < 4.78 is 2.37. The summed E-state index contributed by atoms with van der Waals surface area (Å²) >= 11 is 1.90. The molecule has 108 valence electrons. The molecule has 2 aromatic rings. The van der Waals surface area contributed by atoms with Crippen LogP contribution in [0.15, 0.2) is 24.0 Å². The molecule has 0 aliphatic heterocycles. The molecule has 1 unspecified atom stereocenters. The molecule has 1 N–H and O–H groups in total. The number of thiophene rings is 1. The summed E-state index contributed by atoms with van der Waals surface area (Å²) in [6.07, 6.45) is 7.78. The van der Waals surface area contributed by atoms with E-state index < -0.39 is 0 Å². The van der Waals surface area contributed by atoms with Crippen molar-refractivity contribution in [1.82, 2.24) is 14.9 Å². The van der Waals surface area contributed by atoms with E-state index in [-0.39, 0.29) is 0 Å². The van der Waals surface area contributed by atoms with Gasteiger partial charge in [0.05, 0.1) is 18.1 Å². The number of aryl methyl sites for hydroxylation is 1. The third kappa shape index (κ3) is 2.81. The number of hydrogen-bond donors (Lipinski definition) is 1. The van der Waals surface area contributed by atoms with Crippen molar-refractivity contribution in [3.63, 3.8) is 0 Å². The van der Waals surface area contributed by atoms with E-state index in [0.29, 0.717) is 12.0 Å². The third-order valence-corrected chi connectivity index (χ3v) is 4.96. The molecule has 0 saturated heterocycles. The molecule has 0 fully saturated rings. The molecule has 2 heterocycles. The van der Waals surface area contributed by atoms with Crippen molar-refractivity contribution < 1.29 is 0 Å². The van der Waals surface area contributed by atoms with Gasteiger partial charge in [-0.2, -0.15) is 0 Å². The second-order valence-electron chi connectivity index (χ2n) is 6.02. The van der Waals surface area contributed by atoms with E-state index in [0.717, 1.165) is 13.1 Å². The van der Waals surface area contributed by atoms with Crippen molar-refractivity contribution in [2.75, 3.05) is 6.54 Å². The van der Waals surface area contributed by atoms with E-state index in [9.17, 15) is 0 Å². The van der Waals surface area contributed by atoms with Crippen LogP contribution in [0.4, 0.5) is 0 Å². The van der Waals surface area contributed by atoms with Crippen molar-refractivity contribution in [2.24, 2.45) is 5.92 Å². The molecule has 1 aliphatic rings. The van der Waals surface area contributed by atoms with Crippen molar-refractivity contribution in [1.29, 1.82) is 0 Å². The van der Waals surface area contributed by atoms with Crippen LogP contribution in [0.25, 0.3) is 0 Å². The Bertz CT molecular complexity index is 556. The van der Waals surface area contributed by atoms with Crippen molar-refractivity contribution in [3.8, 4) is 0 Å². The molecule has 0 spiro atoms. The van der Waals surface area contributed by atoms with E-state index >= 15 is 0 Å². The molecule has 0 amide bonds. The van der Waals surface area contributed by atoms with E-state index in [4.69, 9.17) is 0 Å². The Balaban J connectivity index is 1.77. The second kappa shape index (κ2) is 6.10. The summed E-state index contributed by atoms with van der Waals surface area (Å²) in [7, 11) is 0. The Morgan fingerprint density at radius 1 is 1.50 bits per heavy atom. The summed E-state index contributed by atoms with van der Waals surface area (Å²) in [5.74, 6) is 0.685. The number of nitrogens with zero attached hydrogens (tertiary/aromatic N) is 2. The van der Waals surface area contributed by atoms with Gasteiger partial charge < -0.3 is 9.88 Å². The van der Waals surface area contributed by atoms with Gasteiger partial charge in [-0.25, -0.2) is 4.98 Å². The van der Waals surface area contributed by atoms with Crippen molar-refractivity contribution in [3.05, 3.63) is 40.1 Å². The van der Waals surface area contributed by atoms with Gasteiger partial charge in [-0.3, -0.25) is 0 Å². The summed E-state index contributed by atoms with van der Waals surface area (Å²) in [6, 6.07) is 2.79. The van der Waals surface area contributed by atoms with Gasteiger partial charge in [0.2, 0.25) is 0 Å². The van der Waals surface area contributed by atoms with Gasteiger partial charge in [0, 0.05) is 17.6 Å². The summed E-state index contributed by atoms with van der Waals surface area (Å²) in [4.78, 5) is 5.94. The molecule has 20 heavy (non-hydrogen) atoms. The molecule has 0 aromatic carbocycles. The Kier molecular flexibility index (Phi) is 4.22. The number of imidazole rings is 1. The summed E-state index contributed by atoms with van der Waals surface area (Å²) in [5, 5.41) is 5.76. The molecule has 0 bridgehead atoms. The molecular formula is C16H23N3S. The Hall–Kier alpha value is -1.13. The molecule has 1 atom stereocenters. The molecule has 1 aliphatic carbocycles. The molecule has 4 heteroatoms. The first kappa shape index (κ1) is 13.8. The maximum absolute atomic E-state index is 4.38. The second-order valence-corrected chi connectivity index (χ2v) is 7.02. The van der Waals surface area contributed by atoms with E-state index in [1.54, 1.807) is 4.88 Å². The fraction of sp³-hybridized carbons (Fsp3) is 0.562. The Morgan fingerprint density at radius 3 is 3.25 bits per heavy atom. The smallest absolute Gasteiger partial charge is 0.0954 e. The molecule has 3 rings (SSSR count). The summed E-state index contributed by atoms with van der Waals surface area (Å²) in [6.45, 7) is 6.44. The first-order valence-electron chi connectivity index (χ1n) is 7.53. The van der Waals surface area contributed by atoms with Gasteiger partial charge >= 0.3 is 0 Å². The van der Waals surface area contributed by atoms with Gasteiger partial charge in [-0.05, 0) is 48.7 Å². The number of fused-ring (bicyclic) bond motifs is 1.